The van der Waals surface area contributed by atoms with Crippen molar-refractivity contribution in [3.8, 4) is 5.75 Å². The van der Waals surface area contributed by atoms with Crippen molar-refractivity contribution in [3.05, 3.63) is 95.1 Å². The molecule has 2 heterocycles. The van der Waals surface area contributed by atoms with E-state index in [-0.39, 0.29) is 18.0 Å². The molecule has 2 aliphatic heterocycles. The monoisotopic (exact) mass is 442 g/mol. The van der Waals surface area contributed by atoms with Gasteiger partial charge in [-0.2, -0.15) is 0 Å². The summed E-state index contributed by atoms with van der Waals surface area (Å²) in [5, 5.41) is 0. The van der Waals surface area contributed by atoms with Crippen LogP contribution in [0.25, 0.3) is 0 Å². The van der Waals surface area contributed by atoms with Crippen LogP contribution in [0.3, 0.4) is 0 Å². The first-order chi connectivity index (χ1) is 16.1. The highest BCUT2D eigenvalue weighted by atomic mass is 16.5. The number of hydrogen-bond donors (Lipinski definition) is 0. The largest absolute Gasteiger partial charge is 0.495 e. The zero-order valence-electron chi connectivity index (χ0n) is 18.6. The van der Waals surface area contributed by atoms with Crippen LogP contribution in [0.1, 0.15) is 37.9 Å². The molecule has 3 aromatic carbocycles. The van der Waals surface area contributed by atoms with E-state index in [9.17, 15) is 9.59 Å². The second-order valence-corrected chi connectivity index (χ2v) is 8.33. The lowest BCUT2D eigenvalue weighted by Gasteiger charge is -2.36. The van der Waals surface area contributed by atoms with Crippen molar-refractivity contribution in [3.63, 3.8) is 0 Å². The molecular formula is C27H26N2O4. The fourth-order valence-corrected chi connectivity index (χ4v) is 4.61. The van der Waals surface area contributed by atoms with Crippen molar-refractivity contribution in [1.82, 2.24) is 4.90 Å². The van der Waals surface area contributed by atoms with Gasteiger partial charge < -0.3 is 19.3 Å². The van der Waals surface area contributed by atoms with Crippen LogP contribution in [-0.4, -0.2) is 50.1 Å². The zero-order chi connectivity index (χ0) is 22.8. The summed E-state index contributed by atoms with van der Waals surface area (Å²) in [5.74, 6) is 0.494. The molecule has 2 aliphatic rings. The third kappa shape index (κ3) is 4.16. The number of esters is 1. The van der Waals surface area contributed by atoms with Gasteiger partial charge in [0.1, 0.15) is 11.9 Å². The number of nitrogens with zero attached hydrogens (tertiary/aromatic N) is 2. The van der Waals surface area contributed by atoms with Crippen LogP contribution >= 0.6 is 0 Å². The number of piperazine rings is 1. The predicted octanol–water partition coefficient (Wildman–Crippen LogP) is 4.11. The van der Waals surface area contributed by atoms with Gasteiger partial charge in [0.15, 0.2) is 0 Å². The molecule has 1 atom stereocenters. The summed E-state index contributed by atoms with van der Waals surface area (Å²) in [4.78, 5) is 29.9. The third-order valence-electron chi connectivity index (χ3n) is 6.39. The average Bonchev–Trinajstić information content (AvgIpc) is 2.88. The number of rotatable bonds is 4. The molecule has 0 saturated carbocycles. The maximum Gasteiger partial charge on any atom is 0.339 e. The smallest absolute Gasteiger partial charge is 0.339 e. The number of methoxy groups -OCH3 is 1. The first-order valence-electron chi connectivity index (χ1n) is 11.2. The molecule has 1 amide bonds. The molecule has 0 bridgehead atoms. The van der Waals surface area contributed by atoms with E-state index in [4.69, 9.17) is 9.47 Å². The summed E-state index contributed by atoms with van der Waals surface area (Å²) in [6, 6.07) is 23.0. The molecule has 1 fully saturated rings. The van der Waals surface area contributed by atoms with E-state index in [1.54, 1.807) is 19.2 Å². The lowest BCUT2D eigenvalue weighted by atomic mass is 9.93. The van der Waals surface area contributed by atoms with Crippen LogP contribution in [0.5, 0.6) is 5.75 Å². The first-order valence-corrected chi connectivity index (χ1v) is 11.2. The van der Waals surface area contributed by atoms with Crippen LogP contribution in [0, 0.1) is 0 Å². The van der Waals surface area contributed by atoms with Crippen molar-refractivity contribution in [2.24, 2.45) is 0 Å². The summed E-state index contributed by atoms with van der Waals surface area (Å²) >= 11 is 0. The van der Waals surface area contributed by atoms with E-state index >= 15 is 0 Å². The van der Waals surface area contributed by atoms with Gasteiger partial charge in [0.25, 0.3) is 5.91 Å². The van der Waals surface area contributed by atoms with E-state index < -0.39 is 0 Å². The Morgan fingerprint density at radius 3 is 2.42 bits per heavy atom. The molecule has 33 heavy (non-hydrogen) atoms. The van der Waals surface area contributed by atoms with Crippen LogP contribution in [-0.2, 0) is 11.2 Å². The van der Waals surface area contributed by atoms with Crippen LogP contribution < -0.4 is 9.64 Å². The summed E-state index contributed by atoms with van der Waals surface area (Å²) < 4.78 is 11.1. The van der Waals surface area contributed by atoms with Gasteiger partial charge in [-0.3, -0.25) is 4.79 Å². The van der Waals surface area contributed by atoms with Crippen molar-refractivity contribution < 1.29 is 19.1 Å². The Labute approximate surface area is 193 Å². The molecule has 6 nitrogen and oxygen atoms in total. The van der Waals surface area contributed by atoms with Gasteiger partial charge in [-0.05, 0) is 41.5 Å². The number of benzene rings is 3. The first kappa shape index (κ1) is 21.1. The minimum Gasteiger partial charge on any atom is -0.495 e. The Morgan fingerprint density at radius 2 is 1.67 bits per heavy atom. The highest BCUT2D eigenvalue weighted by Crippen LogP contribution is 2.32. The highest BCUT2D eigenvalue weighted by molar-refractivity contribution is 5.98. The SMILES string of the molecule is COc1ccccc1N1CCN(C(=O)c2ccc3c(c2)C[C@H](c2ccccc2)OC3=O)CC1. The predicted molar refractivity (Wildman–Crippen MR) is 126 cm³/mol. The summed E-state index contributed by atoms with van der Waals surface area (Å²) in [6.45, 7) is 2.73. The summed E-state index contributed by atoms with van der Waals surface area (Å²) in [7, 11) is 1.67. The quantitative estimate of drug-likeness (QED) is 0.569. The highest BCUT2D eigenvalue weighted by Gasteiger charge is 2.29. The molecule has 0 aromatic heterocycles. The molecule has 5 rings (SSSR count). The molecule has 0 N–H and O–H groups in total. The Hall–Kier alpha value is -3.80. The van der Waals surface area contributed by atoms with Gasteiger partial charge in [-0.1, -0.05) is 42.5 Å². The number of carbonyl (C=O) groups excluding carboxylic acids is 2. The molecule has 168 valence electrons. The van der Waals surface area contributed by atoms with Crippen LogP contribution in [0.15, 0.2) is 72.8 Å². The van der Waals surface area contributed by atoms with E-state index in [1.807, 2.05) is 65.6 Å². The van der Waals surface area contributed by atoms with Gasteiger partial charge in [0.05, 0.1) is 18.4 Å². The molecule has 0 unspecified atom stereocenters. The fraction of sp³-hybridized carbons (Fsp3) is 0.259. The van der Waals surface area contributed by atoms with E-state index in [1.165, 1.54) is 0 Å². The molecule has 3 aromatic rings. The number of hydrogen-bond acceptors (Lipinski definition) is 5. The van der Waals surface area contributed by atoms with Gasteiger partial charge in [0.2, 0.25) is 0 Å². The lowest BCUT2D eigenvalue weighted by molar-refractivity contribution is 0.0252. The summed E-state index contributed by atoms with van der Waals surface area (Å²) in [5.41, 5.74) is 4.02. The number of cyclic esters (lactones) is 1. The van der Waals surface area contributed by atoms with Gasteiger partial charge in [-0.15, -0.1) is 0 Å². The average molecular weight is 443 g/mol. The minimum atomic E-state index is -0.338. The van der Waals surface area contributed by atoms with Crippen molar-refractivity contribution in [2.75, 3.05) is 38.2 Å². The Balaban J connectivity index is 1.30. The maximum atomic E-state index is 13.3. The van der Waals surface area contributed by atoms with Gasteiger partial charge in [0, 0.05) is 38.2 Å². The lowest BCUT2D eigenvalue weighted by Crippen LogP contribution is -2.48. The number of fused-ring (bicyclic) bond motifs is 1. The van der Waals surface area contributed by atoms with Crippen LogP contribution in [0.4, 0.5) is 5.69 Å². The third-order valence-corrected chi connectivity index (χ3v) is 6.39. The molecule has 1 saturated heterocycles. The number of amides is 1. The van der Waals surface area contributed by atoms with E-state index in [0.717, 1.165) is 35.7 Å². The van der Waals surface area contributed by atoms with Gasteiger partial charge >= 0.3 is 5.97 Å². The van der Waals surface area contributed by atoms with Crippen molar-refractivity contribution in [1.29, 1.82) is 0 Å². The van der Waals surface area contributed by atoms with E-state index in [0.29, 0.717) is 30.6 Å². The molecule has 0 radical (unpaired) electrons. The topological polar surface area (TPSA) is 59.1 Å². The standard InChI is InChI=1S/C27H26N2O4/c1-32-24-10-6-5-9-23(24)28-13-15-29(16-14-28)26(30)20-11-12-22-21(17-20)18-25(33-27(22)31)19-7-3-2-4-8-19/h2-12,17,25H,13-16,18H2,1H3/t25-/m1/s1. The van der Waals surface area contributed by atoms with E-state index in [2.05, 4.69) is 4.90 Å². The second-order valence-electron chi connectivity index (χ2n) is 8.33. The molecule has 6 heteroatoms. The van der Waals surface area contributed by atoms with Gasteiger partial charge in [-0.25, -0.2) is 4.79 Å². The normalized spacial score (nSPS) is 17.8. The van der Waals surface area contributed by atoms with Crippen molar-refractivity contribution in [2.45, 2.75) is 12.5 Å². The number of ether oxygens (including phenoxy) is 2. The Morgan fingerprint density at radius 1 is 0.939 bits per heavy atom. The molecular weight excluding hydrogens is 416 g/mol. The molecule has 0 aliphatic carbocycles. The van der Waals surface area contributed by atoms with Crippen LogP contribution in [0.2, 0.25) is 0 Å². The second kappa shape index (κ2) is 8.98. The minimum absolute atomic E-state index is 0.00678. The Bertz CT molecular complexity index is 1170. The maximum absolute atomic E-state index is 13.3. The molecule has 0 spiro atoms. The summed E-state index contributed by atoms with van der Waals surface area (Å²) in [6.07, 6.45) is 0.231. The number of para-hydroxylation sites is 2. The Kier molecular flexibility index (Phi) is 5.73. The fourth-order valence-electron chi connectivity index (χ4n) is 4.61. The number of carbonyl (C=O) groups is 2. The zero-order valence-corrected chi connectivity index (χ0v) is 18.6. The van der Waals surface area contributed by atoms with Crippen molar-refractivity contribution >= 4 is 17.6 Å². The number of anilines is 1.